The summed E-state index contributed by atoms with van der Waals surface area (Å²) in [6.45, 7) is 0. The second-order valence-electron chi connectivity index (χ2n) is 2.59. The number of hydrogen-bond acceptors (Lipinski definition) is 5. The Morgan fingerprint density at radius 2 is 2.00 bits per heavy atom. The first-order chi connectivity index (χ1) is 7.10. The van der Waals surface area contributed by atoms with Gasteiger partial charge in [-0.05, 0) is 0 Å². The van der Waals surface area contributed by atoms with E-state index in [1.165, 1.54) is 14.2 Å². The summed E-state index contributed by atoms with van der Waals surface area (Å²) in [5, 5.41) is 9.10. The van der Waals surface area contributed by atoms with Crippen LogP contribution < -0.4 is 9.47 Å². The van der Waals surface area contributed by atoms with Gasteiger partial charge >= 0.3 is 0 Å². The van der Waals surface area contributed by atoms with Gasteiger partial charge in [0.1, 0.15) is 5.69 Å². The molecule has 1 rings (SSSR count). The average molecular weight is 220 g/mol. The Balaban J connectivity index is 3.07. The number of rotatable bonds is 4. The van der Waals surface area contributed by atoms with E-state index >= 15 is 0 Å². The number of nitrogens with zero attached hydrogens (tertiary/aromatic N) is 2. The third-order valence-electron chi connectivity index (χ3n) is 1.67. The van der Waals surface area contributed by atoms with E-state index in [0.29, 0.717) is 0 Å². The minimum absolute atomic E-state index is 0.122. The molecular formula is C8H10F2N2O3. The zero-order valence-electron chi connectivity index (χ0n) is 8.15. The minimum Gasteiger partial charge on any atom is -0.480 e. The molecule has 0 spiro atoms. The van der Waals surface area contributed by atoms with Crippen molar-refractivity contribution in [2.75, 3.05) is 14.2 Å². The molecule has 84 valence electrons. The van der Waals surface area contributed by atoms with Crippen molar-refractivity contribution < 1.29 is 23.4 Å². The third-order valence-corrected chi connectivity index (χ3v) is 1.67. The van der Waals surface area contributed by atoms with Gasteiger partial charge in [-0.25, -0.2) is 13.8 Å². The van der Waals surface area contributed by atoms with E-state index in [9.17, 15) is 8.78 Å². The maximum Gasteiger partial charge on any atom is 0.269 e. The van der Waals surface area contributed by atoms with E-state index < -0.39 is 12.5 Å². The zero-order valence-corrected chi connectivity index (χ0v) is 8.15. The van der Waals surface area contributed by atoms with E-state index in [1.807, 2.05) is 0 Å². The van der Waals surface area contributed by atoms with Gasteiger partial charge in [0.05, 0.1) is 20.4 Å². The van der Waals surface area contributed by atoms with E-state index in [-0.39, 0.29) is 17.5 Å². The molecule has 1 aromatic heterocycles. The summed E-state index contributed by atoms with van der Waals surface area (Å²) in [6, 6.07) is 0. The van der Waals surface area contributed by atoms with Crippen molar-refractivity contribution >= 4 is 0 Å². The monoisotopic (exact) mass is 220 g/mol. The minimum atomic E-state index is -2.94. The van der Waals surface area contributed by atoms with Gasteiger partial charge in [0.25, 0.3) is 6.43 Å². The molecule has 1 aromatic rings. The maximum absolute atomic E-state index is 12.2. The number of methoxy groups -OCH3 is 2. The van der Waals surface area contributed by atoms with Crippen LogP contribution >= 0.6 is 0 Å². The lowest BCUT2D eigenvalue weighted by Gasteiger charge is -2.12. The fraction of sp³-hybridized carbons (Fsp3) is 0.500. The van der Waals surface area contributed by atoms with Crippen molar-refractivity contribution in [1.82, 2.24) is 9.97 Å². The Bertz CT molecular complexity index is 336. The van der Waals surface area contributed by atoms with E-state index in [4.69, 9.17) is 14.6 Å². The molecule has 7 heteroatoms. The highest BCUT2D eigenvalue weighted by molar-refractivity contribution is 5.24. The predicted octanol–water partition coefficient (Wildman–Crippen LogP) is 0.792. The van der Waals surface area contributed by atoms with Gasteiger partial charge in [0.2, 0.25) is 11.8 Å². The van der Waals surface area contributed by atoms with Gasteiger partial charge in [-0.3, -0.25) is 0 Å². The molecule has 0 aliphatic heterocycles. The van der Waals surface area contributed by atoms with Crippen molar-refractivity contribution in [2.45, 2.75) is 12.5 Å². The molecule has 0 radical (unpaired) electrons. The first-order valence-corrected chi connectivity index (χ1v) is 4.01. The van der Waals surface area contributed by atoms with Crippen LogP contribution in [0.25, 0.3) is 0 Å². The molecule has 15 heavy (non-hydrogen) atoms. The fourth-order valence-electron chi connectivity index (χ4n) is 0.937. The van der Waals surface area contributed by atoms with Crippen LogP contribution in [0.4, 0.5) is 8.78 Å². The Morgan fingerprint density at radius 3 is 2.47 bits per heavy atom. The molecule has 0 saturated carbocycles. The normalized spacial score (nSPS) is 12.7. The largest absolute Gasteiger partial charge is 0.480 e. The lowest BCUT2D eigenvalue weighted by atomic mass is 10.2. The van der Waals surface area contributed by atoms with Crippen molar-refractivity contribution in [1.29, 1.82) is 0 Å². The van der Waals surface area contributed by atoms with Crippen LogP contribution in [-0.2, 0) is 0 Å². The molecular weight excluding hydrogens is 210 g/mol. The zero-order chi connectivity index (χ0) is 11.4. The van der Waals surface area contributed by atoms with Gasteiger partial charge < -0.3 is 14.6 Å². The Hall–Kier alpha value is -1.50. The summed E-state index contributed by atoms with van der Waals surface area (Å²) in [7, 11) is 2.60. The summed E-state index contributed by atoms with van der Waals surface area (Å²) in [6.07, 6.45) is -3.83. The molecule has 1 heterocycles. The molecule has 5 nitrogen and oxygen atoms in total. The lowest BCUT2D eigenvalue weighted by molar-refractivity contribution is -0.00996. The molecule has 0 amide bonds. The number of hydrogen-bond donors (Lipinski definition) is 1. The molecule has 0 fully saturated rings. The van der Waals surface area contributed by atoms with Crippen LogP contribution in [0, 0.1) is 0 Å². The molecule has 0 aliphatic rings. The molecule has 0 aliphatic carbocycles. The number of aliphatic hydroxyl groups excluding tert-OH is 1. The summed E-state index contributed by atoms with van der Waals surface area (Å²) in [4.78, 5) is 7.31. The molecule has 1 atom stereocenters. The number of ether oxygens (including phenoxy) is 2. The van der Waals surface area contributed by atoms with E-state index in [2.05, 4.69) is 9.97 Å². The number of halogens is 2. The average Bonchev–Trinajstić information content (AvgIpc) is 2.27. The Labute approximate surface area is 84.7 Å². The number of alkyl halides is 2. The van der Waals surface area contributed by atoms with Crippen molar-refractivity contribution in [2.24, 2.45) is 0 Å². The summed E-state index contributed by atoms with van der Waals surface area (Å²) < 4.78 is 33.9. The lowest BCUT2D eigenvalue weighted by Crippen LogP contribution is -2.12. The van der Waals surface area contributed by atoms with Crippen molar-refractivity contribution in [3.63, 3.8) is 0 Å². The smallest absolute Gasteiger partial charge is 0.269 e. The molecule has 0 aromatic carbocycles. The number of aromatic nitrogens is 2. The van der Waals surface area contributed by atoms with Crippen LogP contribution in [0.15, 0.2) is 6.20 Å². The first kappa shape index (κ1) is 11.6. The second-order valence-corrected chi connectivity index (χ2v) is 2.59. The van der Waals surface area contributed by atoms with Gasteiger partial charge in [0, 0.05) is 0 Å². The van der Waals surface area contributed by atoms with Crippen LogP contribution in [0.1, 0.15) is 11.8 Å². The van der Waals surface area contributed by atoms with Gasteiger partial charge in [-0.1, -0.05) is 0 Å². The molecule has 0 saturated heterocycles. The van der Waals surface area contributed by atoms with Crippen LogP contribution in [0.2, 0.25) is 0 Å². The van der Waals surface area contributed by atoms with Gasteiger partial charge in [-0.2, -0.15) is 4.98 Å². The molecule has 0 bridgehead atoms. The second kappa shape index (κ2) is 4.83. The van der Waals surface area contributed by atoms with Crippen molar-refractivity contribution in [3.05, 3.63) is 11.9 Å². The van der Waals surface area contributed by atoms with E-state index in [0.717, 1.165) is 6.20 Å². The van der Waals surface area contributed by atoms with Gasteiger partial charge in [-0.15, -0.1) is 0 Å². The van der Waals surface area contributed by atoms with Crippen LogP contribution in [0.3, 0.4) is 0 Å². The van der Waals surface area contributed by atoms with Gasteiger partial charge in [0.15, 0.2) is 6.10 Å². The molecule has 1 N–H and O–H groups in total. The highest BCUT2D eigenvalue weighted by Gasteiger charge is 2.25. The quantitative estimate of drug-likeness (QED) is 0.812. The summed E-state index contributed by atoms with van der Waals surface area (Å²) >= 11 is 0. The Kier molecular flexibility index (Phi) is 3.73. The third kappa shape index (κ3) is 2.50. The highest BCUT2D eigenvalue weighted by Crippen LogP contribution is 2.26. The standard InChI is InChI=1S/C8H10F2N2O3/c1-14-4-3-11-5(6(13)7(9)10)8(12-4)15-2/h3,6-7,13H,1-2H3. The Morgan fingerprint density at radius 1 is 1.33 bits per heavy atom. The SMILES string of the molecule is COc1cnc(C(O)C(F)F)c(OC)n1. The summed E-state index contributed by atoms with van der Waals surface area (Å²) in [5.74, 6) is -0.0563. The highest BCUT2D eigenvalue weighted by atomic mass is 19.3. The molecule has 1 unspecified atom stereocenters. The van der Waals surface area contributed by atoms with Crippen LogP contribution in [-0.4, -0.2) is 35.7 Å². The maximum atomic E-state index is 12.2. The van der Waals surface area contributed by atoms with Crippen LogP contribution in [0.5, 0.6) is 11.8 Å². The topological polar surface area (TPSA) is 64.5 Å². The van der Waals surface area contributed by atoms with E-state index in [1.54, 1.807) is 0 Å². The number of aliphatic hydroxyl groups is 1. The van der Waals surface area contributed by atoms with Crippen molar-refractivity contribution in [3.8, 4) is 11.8 Å². The fourth-order valence-corrected chi connectivity index (χ4v) is 0.937. The first-order valence-electron chi connectivity index (χ1n) is 4.01. The summed E-state index contributed by atoms with van der Waals surface area (Å²) in [5.41, 5.74) is -0.312. The predicted molar refractivity (Wildman–Crippen MR) is 46.1 cm³/mol.